The van der Waals surface area contributed by atoms with Gasteiger partial charge in [0, 0.05) is 12.7 Å². The zero-order valence-electron chi connectivity index (χ0n) is 8.81. The molecule has 5 nitrogen and oxygen atoms in total. The number of halogens is 1. The van der Waals surface area contributed by atoms with Gasteiger partial charge in [-0.05, 0) is 18.1 Å². The van der Waals surface area contributed by atoms with Gasteiger partial charge >= 0.3 is 0 Å². The van der Waals surface area contributed by atoms with E-state index >= 15 is 0 Å². The fraction of sp³-hybridized carbons (Fsp3) is 0.400. The molecular weight excluding hydrogens is 226 g/mol. The van der Waals surface area contributed by atoms with Gasteiger partial charge in [-0.1, -0.05) is 17.7 Å². The van der Waals surface area contributed by atoms with E-state index in [1.807, 2.05) is 11.0 Å². The Morgan fingerprint density at radius 2 is 2.25 bits per heavy atom. The number of aromatic nitrogens is 1. The van der Waals surface area contributed by atoms with Crippen LogP contribution in [0.15, 0.2) is 23.3 Å². The normalized spacial score (nSPS) is 18.1. The topological polar surface area (TPSA) is 80.5 Å². The van der Waals surface area contributed by atoms with Gasteiger partial charge in [-0.25, -0.2) is 9.98 Å². The third kappa shape index (κ3) is 2.91. The van der Waals surface area contributed by atoms with Crippen molar-refractivity contribution in [1.29, 1.82) is 0 Å². The lowest BCUT2D eigenvalue weighted by molar-refractivity contribution is 0.358. The molecule has 0 bridgehead atoms. The molecule has 0 aliphatic carbocycles. The molecule has 1 aromatic rings. The summed E-state index contributed by atoms with van der Waals surface area (Å²) in [4.78, 5) is 10.0. The summed E-state index contributed by atoms with van der Waals surface area (Å²) in [6, 6.07) is 3.74. The summed E-state index contributed by atoms with van der Waals surface area (Å²) in [6.07, 6.45) is 4.34. The molecule has 0 amide bonds. The van der Waals surface area contributed by atoms with Crippen LogP contribution in [0.2, 0.25) is 5.15 Å². The Morgan fingerprint density at radius 3 is 2.81 bits per heavy atom. The van der Waals surface area contributed by atoms with E-state index in [9.17, 15) is 0 Å². The lowest BCUT2D eigenvalue weighted by Crippen LogP contribution is -2.51. The number of pyridine rings is 1. The van der Waals surface area contributed by atoms with Crippen LogP contribution in [0.4, 0.5) is 0 Å². The molecule has 0 saturated heterocycles. The molecule has 0 radical (unpaired) electrons. The van der Waals surface area contributed by atoms with Crippen LogP contribution >= 0.6 is 11.6 Å². The maximum absolute atomic E-state index is 5.70. The van der Waals surface area contributed by atoms with Gasteiger partial charge in [0.25, 0.3) is 0 Å². The van der Waals surface area contributed by atoms with Gasteiger partial charge in [0.15, 0.2) is 5.79 Å². The van der Waals surface area contributed by atoms with Gasteiger partial charge < -0.3 is 4.90 Å². The third-order valence-electron chi connectivity index (χ3n) is 2.39. The first-order chi connectivity index (χ1) is 7.55. The van der Waals surface area contributed by atoms with Crippen LogP contribution in [0.5, 0.6) is 0 Å². The molecule has 0 saturated carbocycles. The van der Waals surface area contributed by atoms with E-state index in [1.54, 1.807) is 18.6 Å². The Morgan fingerprint density at radius 1 is 1.44 bits per heavy atom. The number of hydrogen-bond acceptors (Lipinski definition) is 5. The first kappa shape index (κ1) is 11.3. The Kier molecular flexibility index (Phi) is 3.09. The minimum absolute atomic E-state index is 0.509. The summed E-state index contributed by atoms with van der Waals surface area (Å²) < 4.78 is 0. The maximum Gasteiger partial charge on any atom is 0.179 e. The zero-order valence-corrected chi connectivity index (χ0v) is 9.56. The van der Waals surface area contributed by atoms with Gasteiger partial charge in [0.05, 0.1) is 12.9 Å². The van der Waals surface area contributed by atoms with Crippen molar-refractivity contribution in [2.45, 2.75) is 12.2 Å². The summed E-state index contributed by atoms with van der Waals surface area (Å²) >= 11 is 5.70. The van der Waals surface area contributed by atoms with Gasteiger partial charge in [-0.3, -0.25) is 11.5 Å². The lowest BCUT2D eigenvalue weighted by Gasteiger charge is -2.19. The SMILES string of the molecule is NC1(N)CN(CCc2ccc(Cl)nc2)C=N1. The highest BCUT2D eigenvalue weighted by molar-refractivity contribution is 6.29. The quantitative estimate of drug-likeness (QED) is 0.583. The summed E-state index contributed by atoms with van der Waals surface area (Å²) in [6.45, 7) is 1.37. The van der Waals surface area contributed by atoms with Crippen molar-refractivity contribution in [2.24, 2.45) is 16.5 Å². The second-order valence-corrected chi connectivity index (χ2v) is 4.33. The summed E-state index contributed by atoms with van der Waals surface area (Å²) in [5, 5.41) is 0.509. The number of rotatable bonds is 3. The minimum Gasteiger partial charge on any atom is -0.357 e. The summed E-state index contributed by atoms with van der Waals surface area (Å²) in [5.74, 6) is -0.932. The first-order valence-electron chi connectivity index (χ1n) is 5.03. The lowest BCUT2D eigenvalue weighted by atomic mass is 10.2. The van der Waals surface area contributed by atoms with Crippen LogP contribution in [0, 0.1) is 0 Å². The van der Waals surface area contributed by atoms with Gasteiger partial charge in [-0.15, -0.1) is 0 Å². The second-order valence-electron chi connectivity index (χ2n) is 3.95. The van der Waals surface area contributed by atoms with E-state index in [1.165, 1.54) is 0 Å². The smallest absolute Gasteiger partial charge is 0.179 e. The van der Waals surface area contributed by atoms with E-state index < -0.39 is 5.79 Å². The van der Waals surface area contributed by atoms with Gasteiger partial charge in [0.2, 0.25) is 0 Å². The Hall–Kier alpha value is -1.17. The minimum atomic E-state index is -0.932. The second kappa shape index (κ2) is 4.37. The predicted octanol–water partition coefficient (Wildman–Crippen LogP) is 0.193. The Bertz CT molecular complexity index is 387. The molecule has 0 atom stereocenters. The van der Waals surface area contributed by atoms with Crippen molar-refractivity contribution >= 4 is 17.9 Å². The zero-order chi connectivity index (χ0) is 11.6. The van der Waals surface area contributed by atoms with Crippen LogP contribution < -0.4 is 11.5 Å². The summed E-state index contributed by atoms with van der Waals surface area (Å²) in [7, 11) is 0. The predicted molar refractivity (Wildman–Crippen MR) is 64.1 cm³/mol. The Balaban J connectivity index is 1.85. The fourth-order valence-corrected chi connectivity index (χ4v) is 1.67. The van der Waals surface area contributed by atoms with Crippen molar-refractivity contribution in [1.82, 2.24) is 9.88 Å². The van der Waals surface area contributed by atoms with Crippen LogP contribution in [-0.4, -0.2) is 35.1 Å². The van der Waals surface area contributed by atoms with E-state index in [-0.39, 0.29) is 0 Å². The van der Waals surface area contributed by atoms with E-state index in [4.69, 9.17) is 23.1 Å². The molecule has 1 aliphatic heterocycles. The molecule has 4 N–H and O–H groups in total. The molecule has 2 rings (SSSR count). The Labute approximate surface area is 99.1 Å². The first-order valence-corrected chi connectivity index (χ1v) is 5.41. The van der Waals surface area contributed by atoms with Crippen molar-refractivity contribution < 1.29 is 0 Å². The molecule has 0 unspecified atom stereocenters. The van der Waals surface area contributed by atoms with E-state index in [0.29, 0.717) is 11.7 Å². The molecular formula is C10H14ClN5. The molecule has 2 heterocycles. The van der Waals surface area contributed by atoms with Crippen molar-refractivity contribution in [2.75, 3.05) is 13.1 Å². The highest BCUT2D eigenvalue weighted by Crippen LogP contribution is 2.09. The van der Waals surface area contributed by atoms with Crippen molar-refractivity contribution in [3.63, 3.8) is 0 Å². The molecule has 0 aromatic carbocycles. The van der Waals surface area contributed by atoms with Gasteiger partial charge in [0.1, 0.15) is 5.15 Å². The third-order valence-corrected chi connectivity index (χ3v) is 2.62. The van der Waals surface area contributed by atoms with Crippen LogP contribution in [-0.2, 0) is 6.42 Å². The fourth-order valence-electron chi connectivity index (χ4n) is 1.56. The number of aliphatic imine (C=N–C) groups is 1. The molecule has 1 aliphatic rings. The van der Waals surface area contributed by atoms with Crippen molar-refractivity contribution in [3.05, 3.63) is 29.0 Å². The van der Waals surface area contributed by atoms with Crippen molar-refractivity contribution in [3.8, 4) is 0 Å². The van der Waals surface area contributed by atoms with Crippen LogP contribution in [0.25, 0.3) is 0 Å². The molecule has 0 fully saturated rings. The molecule has 6 heteroatoms. The van der Waals surface area contributed by atoms with Crippen LogP contribution in [0.1, 0.15) is 5.56 Å². The highest BCUT2D eigenvalue weighted by Gasteiger charge is 2.25. The average Bonchev–Trinajstić information content (AvgIpc) is 2.58. The van der Waals surface area contributed by atoms with E-state index in [2.05, 4.69) is 9.98 Å². The van der Waals surface area contributed by atoms with E-state index in [0.717, 1.165) is 18.5 Å². The molecule has 16 heavy (non-hydrogen) atoms. The monoisotopic (exact) mass is 239 g/mol. The highest BCUT2D eigenvalue weighted by atomic mass is 35.5. The molecule has 86 valence electrons. The number of hydrogen-bond donors (Lipinski definition) is 2. The number of nitrogens with zero attached hydrogens (tertiary/aromatic N) is 3. The van der Waals surface area contributed by atoms with Gasteiger partial charge in [-0.2, -0.15) is 0 Å². The number of nitrogens with two attached hydrogens (primary N) is 2. The van der Waals surface area contributed by atoms with Crippen LogP contribution in [0.3, 0.4) is 0 Å². The maximum atomic E-state index is 5.70. The summed E-state index contributed by atoms with van der Waals surface area (Å²) in [5.41, 5.74) is 12.5. The standard InChI is InChI=1S/C10H14ClN5/c11-9-2-1-8(5-14-9)3-4-16-6-10(12,13)15-7-16/h1-2,5,7H,3-4,6,12-13H2. The largest absolute Gasteiger partial charge is 0.357 e. The molecule has 1 aromatic heterocycles. The molecule has 0 spiro atoms. The average molecular weight is 240 g/mol.